The lowest BCUT2D eigenvalue weighted by Crippen LogP contribution is -2.39. The Morgan fingerprint density at radius 2 is 1.94 bits per heavy atom. The lowest BCUT2D eigenvalue weighted by Gasteiger charge is -2.28. The van der Waals surface area contributed by atoms with Crippen molar-refractivity contribution in [2.45, 2.75) is 32.7 Å². The first-order valence-corrected chi connectivity index (χ1v) is 10.0. The van der Waals surface area contributed by atoms with Crippen LogP contribution in [-0.2, 0) is 19.7 Å². The SMILES string of the molecule is CC(C)NCC1(CCS(C)(=O)=O)CCS(=O)(=O)C1. The number of hydrogen-bond acceptors (Lipinski definition) is 5. The van der Waals surface area contributed by atoms with Gasteiger partial charge in [-0.05, 0) is 18.3 Å². The van der Waals surface area contributed by atoms with Crippen molar-refractivity contribution in [3.05, 3.63) is 0 Å². The fraction of sp³-hybridized carbons (Fsp3) is 1.00. The summed E-state index contributed by atoms with van der Waals surface area (Å²) in [4.78, 5) is 0. The Labute approximate surface area is 110 Å². The smallest absolute Gasteiger partial charge is 0.150 e. The molecular formula is C11H23NO4S2. The Morgan fingerprint density at radius 3 is 2.33 bits per heavy atom. The Morgan fingerprint density at radius 1 is 1.33 bits per heavy atom. The molecule has 0 radical (unpaired) electrons. The fourth-order valence-corrected chi connectivity index (χ4v) is 5.25. The molecule has 18 heavy (non-hydrogen) atoms. The zero-order chi connectivity index (χ0) is 14.0. The van der Waals surface area contributed by atoms with Gasteiger partial charge in [-0.2, -0.15) is 0 Å². The van der Waals surface area contributed by atoms with Gasteiger partial charge in [-0.15, -0.1) is 0 Å². The molecule has 1 N–H and O–H groups in total. The standard InChI is InChI=1S/C11H23NO4S2/c1-10(2)12-8-11(4-6-17(3,13)14)5-7-18(15,16)9-11/h10,12H,4-9H2,1-3H3. The van der Waals surface area contributed by atoms with Crippen LogP contribution in [0.25, 0.3) is 0 Å². The second-order valence-corrected chi connectivity index (χ2v) is 10.2. The normalized spacial score (nSPS) is 27.8. The van der Waals surface area contributed by atoms with Crippen LogP contribution in [0.2, 0.25) is 0 Å². The largest absolute Gasteiger partial charge is 0.314 e. The summed E-state index contributed by atoms with van der Waals surface area (Å²) in [6.07, 6.45) is 2.18. The minimum absolute atomic E-state index is 0.0578. The molecule has 1 aliphatic rings. The first kappa shape index (κ1) is 15.9. The zero-order valence-electron chi connectivity index (χ0n) is 11.3. The molecule has 0 aromatic carbocycles. The monoisotopic (exact) mass is 297 g/mol. The molecule has 0 saturated carbocycles. The van der Waals surface area contributed by atoms with Gasteiger partial charge in [0, 0.05) is 18.8 Å². The van der Waals surface area contributed by atoms with E-state index < -0.39 is 25.1 Å². The molecule has 1 saturated heterocycles. The molecule has 1 unspecified atom stereocenters. The van der Waals surface area contributed by atoms with E-state index in [1.807, 2.05) is 13.8 Å². The molecule has 1 fully saturated rings. The Balaban J connectivity index is 2.76. The molecule has 1 atom stereocenters. The van der Waals surface area contributed by atoms with Gasteiger partial charge in [0.1, 0.15) is 9.84 Å². The molecule has 1 heterocycles. The van der Waals surface area contributed by atoms with Crippen molar-refractivity contribution in [1.29, 1.82) is 0 Å². The molecule has 0 aromatic heterocycles. The maximum atomic E-state index is 11.6. The van der Waals surface area contributed by atoms with Crippen molar-refractivity contribution < 1.29 is 16.8 Å². The van der Waals surface area contributed by atoms with Gasteiger partial charge in [0.15, 0.2) is 9.84 Å². The van der Waals surface area contributed by atoms with Crippen LogP contribution in [0, 0.1) is 5.41 Å². The first-order chi connectivity index (χ1) is 8.04. The van der Waals surface area contributed by atoms with Crippen LogP contribution in [0.15, 0.2) is 0 Å². The highest BCUT2D eigenvalue weighted by Gasteiger charge is 2.42. The van der Waals surface area contributed by atoms with E-state index in [-0.39, 0.29) is 23.3 Å². The van der Waals surface area contributed by atoms with Gasteiger partial charge in [-0.1, -0.05) is 13.8 Å². The van der Waals surface area contributed by atoms with E-state index in [9.17, 15) is 16.8 Å². The van der Waals surface area contributed by atoms with Gasteiger partial charge in [0.25, 0.3) is 0 Å². The van der Waals surface area contributed by atoms with Gasteiger partial charge < -0.3 is 5.32 Å². The molecular weight excluding hydrogens is 274 g/mol. The van der Waals surface area contributed by atoms with Crippen LogP contribution in [0.1, 0.15) is 26.7 Å². The molecule has 7 heteroatoms. The summed E-state index contributed by atoms with van der Waals surface area (Å²) in [5.74, 6) is 0.341. The Hall–Kier alpha value is -0.140. The van der Waals surface area contributed by atoms with Crippen LogP contribution in [0.4, 0.5) is 0 Å². The predicted molar refractivity (Wildman–Crippen MR) is 73.2 cm³/mol. The molecule has 0 bridgehead atoms. The van der Waals surface area contributed by atoms with Gasteiger partial charge in [-0.3, -0.25) is 0 Å². The zero-order valence-corrected chi connectivity index (χ0v) is 12.9. The summed E-state index contributed by atoms with van der Waals surface area (Å²) in [5.41, 5.74) is -0.411. The number of hydrogen-bond donors (Lipinski definition) is 1. The van der Waals surface area contributed by atoms with E-state index in [0.717, 1.165) is 0 Å². The Bertz CT molecular complexity index is 481. The van der Waals surface area contributed by atoms with E-state index in [1.165, 1.54) is 6.26 Å². The third kappa shape index (κ3) is 5.24. The average Bonchev–Trinajstić information content (AvgIpc) is 2.49. The van der Waals surface area contributed by atoms with Crippen LogP contribution in [-0.4, -0.2) is 52.9 Å². The van der Waals surface area contributed by atoms with Crippen molar-refractivity contribution in [2.75, 3.05) is 30.1 Å². The molecule has 108 valence electrons. The summed E-state index contributed by atoms with van der Waals surface area (Å²) in [7, 11) is -6.05. The van der Waals surface area contributed by atoms with Gasteiger partial charge >= 0.3 is 0 Å². The summed E-state index contributed by atoms with van der Waals surface area (Å²) < 4.78 is 45.8. The van der Waals surface area contributed by atoms with Crippen molar-refractivity contribution in [3.8, 4) is 0 Å². The van der Waals surface area contributed by atoms with Crippen LogP contribution < -0.4 is 5.32 Å². The maximum Gasteiger partial charge on any atom is 0.150 e. The first-order valence-electron chi connectivity index (χ1n) is 6.15. The highest BCUT2D eigenvalue weighted by Crippen LogP contribution is 2.35. The van der Waals surface area contributed by atoms with Crippen molar-refractivity contribution in [2.24, 2.45) is 5.41 Å². The third-order valence-corrected chi connectivity index (χ3v) is 6.18. The van der Waals surface area contributed by atoms with Crippen molar-refractivity contribution >= 4 is 19.7 Å². The minimum Gasteiger partial charge on any atom is -0.314 e. The molecule has 5 nitrogen and oxygen atoms in total. The third-order valence-electron chi connectivity index (χ3n) is 3.36. The van der Waals surface area contributed by atoms with Crippen LogP contribution >= 0.6 is 0 Å². The number of rotatable bonds is 6. The van der Waals surface area contributed by atoms with Crippen LogP contribution in [0.5, 0.6) is 0 Å². The topological polar surface area (TPSA) is 80.3 Å². The van der Waals surface area contributed by atoms with Gasteiger partial charge in [0.05, 0.1) is 17.3 Å². The lowest BCUT2D eigenvalue weighted by atomic mass is 9.84. The van der Waals surface area contributed by atoms with E-state index in [4.69, 9.17) is 0 Å². The highest BCUT2D eigenvalue weighted by molar-refractivity contribution is 7.91. The quantitative estimate of drug-likeness (QED) is 0.759. The lowest BCUT2D eigenvalue weighted by molar-refractivity contribution is 0.293. The average molecular weight is 297 g/mol. The second kappa shape index (κ2) is 5.46. The predicted octanol–water partition coefficient (Wildman–Crippen LogP) is 0.224. The van der Waals surface area contributed by atoms with E-state index >= 15 is 0 Å². The van der Waals surface area contributed by atoms with Crippen molar-refractivity contribution in [1.82, 2.24) is 5.32 Å². The maximum absolute atomic E-state index is 11.6. The number of nitrogens with one attached hydrogen (secondary N) is 1. The molecule has 0 aliphatic carbocycles. The molecule has 0 aromatic rings. The fourth-order valence-electron chi connectivity index (χ4n) is 2.23. The molecule has 1 aliphatic heterocycles. The van der Waals surface area contributed by atoms with E-state index in [0.29, 0.717) is 19.4 Å². The highest BCUT2D eigenvalue weighted by atomic mass is 32.2. The van der Waals surface area contributed by atoms with E-state index in [2.05, 4.69) is 5.32 Å². The van der Waals surface area contributed by atoms with E-state index in [1.54, 1.807) is 0 Å². The molecule has 0 spiro atoms. The Kier molecular flexibility index (Phi) is 4.83. The molecule has 1 rings (SSSR count). The summed E-state index contributed by atoms with van der Waals surface area (Å²) in [6.45, 7) is 4.56. The summed E-state index contributed by atoms with van der Waals surface area (Å²) >= 11 is 0. The summed E-state index contributed by atoms with van der Waals surface area (Å²) in [5, 5.41) is 3.24. The summed E-state index contributed by atoms with van der Waals surface area (Å²) in [6, 6.07) is 0.267. The molecule has 0 amide bonds. The van der Waals surface area contributed by atoms with Crippen molar-refractivity contribution in [3.63, 3.8) is 0 Å². The van der Waals surface area contributed by atoms with Crippen LogP contribution in [0.3, 0.4) is 0 Å². The second-order valence-electron chi connectivity index (χ2n) is 5.76. The van der Waals surface area contributed by atoms with Gasteiger partial charge in [-0.25, -0.2) is 16.8 Å². The van der Waals surface area contributed by atoms with Gasteiger partial charge in [0.2, 0.25) is 0 Å². The minimum atomic E-state index is -3.05. The number of sulfone groups is 2.